The van der Waals surface area contributed by atoms with Gasteiger partial charge in [0.15, 0.2) is 11.5 Å². The van der Waals surface area contributed by atoms with E-state index in [-0.39, 0.29) is 11.4 Å². The van der Waals surface area contributed by atoms with Gasteiger partial charge in [0.1, 0.15) is 0 Å². The number of fused-ring (bicyclic) bond motifs is 1. The number of benzene rings is 2. The molecule has 0 fully saturated rings. The molecule has 4 aromatic rings. The molecule has 2 aromatic heterocycles. The van der Waals surface area contributed by atoms with Gasteiger partial charge in [0.2, 0.25) is 0 Å². The molecule has 4 nitrogen and oxygen atoms in total. The van der Waals surface area contributed by atoms with Crippen LogP contribution in [0.25, 0.3) is 33.4 Å². The number of rotatable bonds is 2. The Morgan fingerprint density at radius 2 is 1.57 bits per heavy atom. The fourth-order valence-electron chi connectivity index (χ4n) is 2.94. The normalized spacial score (nSPS) is 11.7. The number of pyridine rings is 1. The molecular formula is C20H12ClF3N4. The lowest BCUT2D eigenvalue weighted by Gasteiger charge is -2.15. The molecule has 0 radical (unpaired) electrons. The van der Waals surface area contributed by atoms with Crippen LogP contribution >= 0.6 is 11.6 Å². The first-order valence-corrected chi connectivity index (χ1v) is 8.57. The highest BCUT2D eigenvalue weighted by molar-refractivity contribution is 6.35. The van der Waals surface area contributed by atoms with Crippen LogP contribution in [-0.2, 0) is 6.18 Å². The van der Waals surface area contributed by atoms with Gasteiger partial charge >= 0.3 is 6.18 Å². The van der Waals surface area contributed by atoms with Crippen LogP contribution in [-0.4, -0.2) is 15.0 Å². The van der Waals surface area contributed by atoms with E-state index in [9.17, 15) is 13.2 Å². The van der Waals surface area contributed by atoms with Crippen molar-refractivity contribution in [2.75, 3.05) is 5.73 Å². The minimum absolute atomic E-state index is 0.0420. The molecule has 28 heavy (non-hydrogen) atoms. The van der Waals surface area contributed by atoms with Crippen molar-refractivity contribution < 1.29 is 13.2 Å². The maximum atomic E-state index is 13.4. The molecule has 0 amide bonds. The minimum Gasteiger partial charge on any atom is -0.382 e. The Balaban J connectivity index is 2.04. The van der Waals surface area contributed by atoms with E-state index in [1.165, 1.54) is 6.07 Å². The molecule has 0 atom stereocenters. The first-order chi connectivity index (χ1) is 13.3. The monoisotopic (exact) mass is 400 g/mol. The number of hydrogen-bond acceptors (Lipinski definition) is 4. The van der Waals surface area contributed by atoms with Gasteiger partial charge < -0.3 is 5.73 Å². The van der Waals surface area contributed by atoms with Gasteiger partial charge in [0, 0.05) is 22.7 Å². The molecule has 0 saturated carbocycles. The van der Waals surface area contributed by atoms with Crippen molar-refractivity contribution in [1.82, 2.24) is 15.0 Å². The minimum atomic E-state index is -4.73. The molecule has 0 saturated heterocycles. The summed E-state index contributed by atoms with van der Waals surface area (Å²) in [7, 11) is 0. The Hall–Kier alpha value is -3.19. The highest BCUT2D eigenvalue weighted by Crippen LogP contribution is 2.38. The summed E-state index contributed by atoms with van der Waals surface area (Å²) >= 11 is 6.31. The van der Waals surface area contributed by atoms with Crippen molar-refractivity contribution in [2.24, 2.45) is 0 Å². The molecule has 140 valence electrons. The number of nitrogens with zero attached hydrogens (tertiary/aromatic N) is 3. The van der Waals surface area contributed by atoms with Crippen LogP contribution in [0.1, 0.15) is 5.69 Å². The van der Waals surface area contributed by atoms with Crippen molar-refractivity contribution in [3.05, 3.63) is 71.5 Å². The molecule has 8 heteroatoms. The summed E-state index contributed by atoms with van der Waals surface area (Å²) in [5.74, 6) is -0.677. The zero-order valence-corrected chi connectivity index (χ0v) is 15.0. The van der Waals surface area contributed by atoms with E-state index in [0.29, 0.717) is 27.1 Å². The lowest BCUT2D eigenvalue weighted by atomic mass is 10.0. The largest absolute Gasteiger partial charge is 0.437 e. The first kappa shape index (κ1) is 18.2. The zero-order valence-electron chi connectivity index (χ0n) is 14.2. The van der Waals surface area contributed by atoms with Crippen LogP contribution in [0.5, 0.6) is 0 Å². The highest BCUT2D eigenvalue weighted by Gasteiger charge is 2.37. The summed E-state index contributed by atoms with van der Waals surface area (Å²) in [4.78, 5) is 12.1. The standard InChI is InChI=1S/C20H12ClF3N4/c21-14-10-13(9-12-7-4-8-26-15(12)14)17-16(11-5-2-1-3-6-11)28-19(25)18(27-17)20(22,23)24/h1-10H,(H2,25,28). The van der Waals surface area contributed by atoms with Crippen molar-refractivity contribution in [3.63, 3.8) is 0 Å². The van der Waals surface area contributed by atoms with Crippen LogP contribution in [0.2, 0.25) is 5.02 Å². The third-order valence-corrected chi connectivity index (χ3v) is 4.46. The Morgan fingerprint density at radius 3 is 2.29 bits per heavy atom. The van der Waals surface area contributed by atoms with E-state index < -0.39 is 17.7 Å². The van der Waals surface area contributed by atoms with Crippen LogP contribution in [0.4, 0.5) is 19.0 Å². The fourth-order valence-corrected chi connectivity index (χ4v) is 3.22. The molecular weight excluding hydrogens is 389 g/mol. The van der Waals surface area contributed by atoms with Gasteiger partial charge in [-0.15, -0.1) is 0 Å². The maximum Gasteiger partial charge on any atom is 0.437 e. The topological polar surface area (TPSA) is 64.7 Å². The van der Waals surface area contributed by atoms with Crippen LogP contribution in [0.3, 0.4) is 0 Å². The van der Waals surface area contributed by atoms with E-state index >= 15 is 0 Å². The predicted octanol–water partition coefficient (Wildman–Crippen LogP) is 5.61. The van der Waals surface area contributed by atoms with Crippen molar-refractivity contribution in [2.45, 2.75) is 6.18 Å². The summed E-state index contributed by atoms with van der Waals surface area (Å²) < 4.78 is 40.2. The van der Waals surface area contributed by atoms with Crippen LogP contribution in [0, 0.1) is 0 Å². The SMILES string of the molecule is Nc1nc(-c2ccccc2)c(-c2cc(Cl)c3ncccc3c2)nc1C(F)(F)F. The smallest absolute Gasteiger partial charge is 0.382 e. The van der Waals surface area contributed by atoms with Crippen LogP contribution < -0.4 is 5.73 Å². The third-order valence-electron chi connectivity index (χ3n) is 4.17. The average molecular weight is 401 g/mol. The van der Waals surface area contributed by atoms with Gasteiger partial charge in [-0.3, -0.25) is 4.98 Å². The average Bonchev–Trinajstić information content (AvgIpc) is 2.67. The van der Waals surface area contributed by atoms with E-state index in [2.05, 4.69) is 15.0 Å². The summed E-state index contributed by atoms with van der Waals surface area (Å²) in [5, 5.41) is 0.982. The number of nitrogen functional groups attached to an aromatic ring is 1. The summed E-state index contributed by atoms with van der Waals surface area (Å²) in [6, 6.07) is 15.5. The lowest BCUT2D eigenvalue weighted by Crippen LogP contribution is -2.15. The molecule has 0 bridgehead atoms. The molecule has 0 aliphatic carbocycles. The third kappa shape index (κ3) is 3.25. The zero-order chi connectivity index (χ0) is 19.9. The van der Waals surface area contributed by atoms with E-state index in [4.69, 9.17) is 17.3 Å². The second-order valence-corrected chi connectivity index (χ2v) is 6.46. The van der Waals surface area contributed by atoms with Gasteiger partial charge in [-0.2, -0.15) is 13.2 Å². The van der Waals surface area contributed by atoms with E-state index in [1.807, 2.05) is 0 Å². The van der Waals surface area contributed by atoms with Gasteiger partial charge in [0.05, 0.1) is 21.9 Å². The molecule has 0 unspecified atom stereocenters. The fraction of sp³-hybridized carbons (Fsp3) is 0.0500. The van der Waals surface area contributed by atoms with Gasteiger partial charge in [0.25, 0.3) is 0 Å². The van der Waals surface area contributed by atoms with E-state index in [1.54, 1.807) is 54.7 Å². The Bertz CT molecular complexity index is 1180. The van der Waals surface area contributed by atoms with Gasteiger partial charge in [-0.1, -0.05) is 48.0 Å². The Morgan fingerprint density at radius 1 is 0.857 bits per heavy atom. The number of aromatic nitrogens is 3. The van der Waals surface area contributed by atoms with Crippen molar-refractivity contribution in [3.8, 4) is 22.5 Å². The molecule has 0 spiro atoms. The maximum absolute atomic E-state index is 13.4. The predicted molar refractivity (Wildman–Crippen MR) is 103 cm³/mol. The lowest BCUT2D eigenvalue weighted by molar-refractivity contribution is -0.140. The van der Waals surface area contributed by atoms with Crippen LogP contribution in [0.15, 0.2) is 60.8 Å². The number of hydrogen-bond donors (Lipinski definition) is 1. The highest BCUT2D eigenvalue weighted by atomic mass is 35.5. The Labute approximate surface area is 162 Å². The summed E-state index contributed by atoms with van der Waals surface area (Å²) in [5.41, 5.74) is 6.17. The van der Waals surface area contributed by atoms with Gasteiger partial charge in [-0.25, -0.2) is 9.97 Å². The summed E-state index contributed by atoms with van der Waals surface area (Å²) in [6.45, 7) is 0. The number of anilines is 1. The number of nitrogens with two attached hydrogens (primary N) is 1. The quantitative estimate of drug-likeness (QED) is 0.474. The molecule has 0 aliphatic rings. The van der Waals surface area contributed by atoms with Gasteiger partial charge in [-0.05, 0) is 18.2 Å². The van der Waals surface area contributed by atoms with Crippen molar-refractivity contribution in [1.29, 1.82) is 0 Å². The molecule has 0 aliphatic heterocycles. The van der Waals surface area contributed by atoms with Crippen molar-refractivity contribution >= 4 is 28.3 Å². The first-order valence-electron chi connectivity index (χ1n) is 8.19. The van der Waals surface area contributed by atoms with E-state index in [0.717, 1.165) is 0 Å². The number of halogens is 4. The number of alkyl halides is 3. The molecule has 4 rings (SSSR count). The Kier molecular flexibility index (Phi) is 4.39. The molecule has 2 heterocycles. The molecule has 2 N–H and O–H groups in total. The summed E-state index contributed by atoms with van der Waals surface area (Å²) in [6.07, 6.45) is -3.14. The second-order valence-electron chi connectivity index (χ2n) is 6.05. The molecule has 2 aromatic carbocycles. The second kappa shape index (κ2) is 6.76.